The SMILES string of the molecule is CCCCN(C(=O)CN)c1ccccc1C(C)C. The highest BCUT2D eigenvalue weighted by atomic mass is 16.2. The first kappa shape index (κ1) is 14.7. The van der Waals surface area contributed by atoms with Gasteiger partial charge in [-0.3, -0.25) is 4.79 Å². The molecule has 0 unspecified atom stereocenters. The van der Waals surface area contributed by atoms with Gasteiger partial charge in [0.2, 0.25) is 5.91 Å². The molecule has 1 rings (SSSR count). The summed E-state index contributed by atoms with van der Waals surface area (Å²) in [5, 5.41) is 0. The highest BCUT2D eigenvalue weighted by Gasteiger charge is 2.17. The number of hydrogen-bond donors (Lipinski definition) is 1. The lowest BCUT2D eigenvalue weighted by Gasteiger charge is -2.26. The van der Waals surface area contributed by atoms with E-state index in [4.69, 9.17) is 5.73 Å². The maximum absolute atomic E-state index is 12.0. The van der Waals surface area contributed by atoms with Crippen molar-refractivity contribution in [2.75, 3.05) is 18.0 Å². The molecule has 0 aliphatic carbocycles. The maximum Gasteiger partial charge on any atom is 0.240 e. The van der Waals surface area contributed by atoms with Crippen molar-refractivity contribution in [1.82, 2.24) is 0 Å². The largest absolute Gasteiger partial charge is 0.322 e. The number of hydrogen-bond acceptors (Lipinski definition) is 2. The van der Waals surface area contributed by atoms with E-state index in [9.17, 15) is 4.79 Å². The van der Waals surface area contributed by atoms with E-state index in [2.05, 4.69) is 26.8 Å². The molecule has 3 nitrogen and oxygen atoms in total. The first-order valence-electron chi connectivity index (χ1n) is 6.71. The van der Waals surface area contributed by atoms with Gasteiger partial charge < -0.3 is 10.6 Å². The number of benzene rings is 1. The van der Waals surface area contributed by atoms with Crippen LogP contribution in [0.4, 0.5) is 5.69 Å². The number of nitrogens with two attached hydrogens (primary N) is 1. The van der Waals surface area contributed by atoms with Crippen LogP contribution in [0.3, 0.4) is 0 Å². The van der Waals surface area contributed by atoms with Crippen molar-refractivity contribution in [3.63, 3.8) is 0 Å². The summed E-state index contributed by atoms with van der Waals surface area (Å²) in [4.78, 5) is 13.8. The molecule has 0 bridgehead atoms. The van der Waals surface area contributed by atoms with Gasteiger partial charge in [-0.05, 0) is 24.0 Å². The Balaban J connectivity index is 3.07. The summed E-state index contributed by atoms with van der Waals surface area (Å²) in [5.41, 5.74) is 7.73. The lowest BCUT2D eigenvalue weighted by molar-refractivity contribution is -0.117. The number of anilines is 1. The van der Waals surface area contributed by atoms with E-state index in [1.54, 1.807) is 0 Å². The molecule has 1 aromatic carbocycles. The predicted octanol–water partition coefficient (Wildman–Crippen LogP) is 2.90. The van der Waals surface area contributed by atoms with E-state index in [0.717, 1.165) is 25.1 Å². The van der Waals surface area contributed by atoms with Crippen LogP contribution in [0.2, 0.25) is 0 Å². The minimum Gasteiger partial charge on any atom is -0.322 e. The first-order valence-corrected chi connectivity index (χ1v) is 6.71. The highest BCUT2D eigenvalue weighted by Crippen LogP contribution is 2.27. The van der Waals surface area contributed by atoms with Gasteiger partial charge in [-0.2, -0.15) is 0 Å². The van der Waals surface area contributed by atoms with Gasteiger partial charge in [0.25, 0.3) is 0 Å². The molecule has 0 radical (unpaired) electrons. The molecule has 1 aromatic rings. The lowest BCUT2D eigenvalue weighted by atomic mass is 10.00. The van der Waals surface area contributed by atoms with Crippen molar-refractivity contribution in [3.8, 4) is 0 Å². The van der Waals surface area contributed by atoms with Gasteiger partial charge in [-0.1, -0.05) is 45.4 Å². The molecule has 0 aliphatic rings. The van der Waals surface area contributed by atoms with Crippen LogP contribution in [-0.4, -0.2) is 19.0 Å². The fourth-order valence-electron chi connectivity index (χ4n) is 2.03. The van der Waals surface area contributed by atoms with Gasteiger partial charge in [-0.25, -0.2) is 0 Å². The van der Waals surface area contributed by atoms with Crippen LogP contribution >= 0.6 is 0 Å². The van der Waals surface area contributed by atoms with Crippen molar-refractivity contribution in [2.24, 2.45) is 5.73 Å². The van der Waals surface area contributed by atoms with Crippen molar-refractivity contribution in [1.29, 1.82) is 0 Å². The Bertz CT molecular complexity index is 388. The summed E-state index contributed by atoms with van der Waals surface area (Å²) in [6.07, 6.45) is 2.07. The average molecular weight is 248 g/mol. The Labute approximate surface area is 110 Å². The summed E-state index contributed by atoms with van der Waals surface area (Å²) in [6.45, 7) is 7.22. The number of carbonyl (C=O) groups is 1. The van der Waals surface area contributed by atoms with Crippen LogP contribution in [0.5, 0.6) is 0 Å². The minimum absolute atomic E-state index is 0.00319. The monoisotopic (exact) mass is 248 g/mol. The van der Waals surface area contributed by atoms with Crippen LogP contribution in [0.25, 0.3) is 0 Å². The van der Waals surface area contributed by atoms with E-state index >= 15 is 0 Å². The molecule has 0 aliphatic heterocycles. The predicted molar refractivity (Wildman–Crippen MR) is 76.8 cm³/mol. The summed E-state index contributed by atoms with van der Waals surface area (Å²) in [6, 6.07) is 8.09. The normalized spacial score (nSPS) is 10.7. The van der Waals surface area contributed by atoms with Crippen molar-refractivity contribution in [3.05, 3.63) is 29.8 Å². The third-order valence-corrected chi connectivity index (χ3v) is 3.06. The van der Waals surface area contributed by atoms with Gasteiger partial charge >= 0.3 is 0 Å². The molecule has 0 aromatic heterocycles. The molecule has 2 N–H and O–H groups in total. The third-order valence-electron chi connectivity index (χ3n) is 3.06. The van der Waals surface area contributed by atoms with E-state index in [1.807, 2.05) is 23.1 Å². The Hall–Kier alpha value is -1.35. The zero-order valence-corrected chi connectivity index (χ0v) is 11.6. The third kappa shape index (κ3) is 3.57. The Kier molecular flexibility index (Phi) is 5.86. The summed E-state index contributed by atoms with van der Waals surface area (Å²) in [7, 11) is 0. The second-order valence-corrected chi connectivity index (χ2v) is 4.82. The molecule has 0 heterocycles. The summed E-state index contributed by atoms with van der Waals surface area (Å²) >= 11 is 0. The number of para-hydroxylation sites is 1. The average Bonchev–Trinajstić information content (AvgIpc) is 2.39. The number of nitrogens with zero attached hydrogens (tertiary/aromatic N) is 1. The lowest BCUT2D eigenvalue weighted by Crippen LogP contribution is -2.37. The molecule has 0 atom stereocenters. The van der Waals surface area contributed by atoms with Gasteiger partial charge in [-0.15, -0.1) is 0 Å². The maximum atomic E-state index is 12.0. The second kappa shape index (κ2) is 7.17. The molecule has 100 valence electrons. The van der Waals surface area contributed by atoms with Crippen molar-refractivity contribution < 1.29 is 4.79 Å². The molecule has 1 amide bonds. The smallest absolute Gasteiger partial charge is 0.240 e. The molecular weight excluding hydrogens is 224 g/mol. The van der Waals surface area contributed by atoms with Gasteiger partial charge in [0.1, 0.15) is 0 Å². The second-order valence-electron chi connectivity index (χ2n) is 4.82. The minimum atomic E-state index is -0.00319. The number of amides is 1. The number of rotatable bonds is 6. The van der Waals surface area contributed by atoms with Gasteiger partial charge in [0.15, 0.2) is 0 Å². The Morgan fingerprint density at radius 3 is 2.56 bits per heavy atom. The van der Waals surface area contributed by atoms with Crippen LogP contribution in [-0.2, 0) is 4.79 Å². The standard InChI is InChI=1S/C15H24N2O/c1-4-5-10-17(15(18)11-16)14-9-7-6-8-13(14)12(2)3/h6-9,12H,4-5,10-11,16H2,1-3H3. The summed E-state index contributed by atoms with van der Waals surface area (Å²) in [5.74, 6) is 0.396. The van der Waals surface area contributed by atoms with E-state index in [0.29, 0.717) is 5.92 Å². The van der Waals surface area contributed by atoms with Crippen LogP contribution in [0, 0.1) is 0 Å². The topological polar surface area (TPSA) is 46.3 Å². The van der Waals surface area contributed by atoms with Crippen LogP contribution in [0.15, 0.2) is 24.3 Å². The zero-order chi connectivity index (χ0) is 13.5. The highest BCUT2D eigenvalue weighted by molar-refractivity contribution is 5.95. The molecule has 3 heteroatoms. The molecule has 18 heavy (non-hydrogen) atoms. The van der Waals surface area contributed by atoms with Gasteiger partial charge in [0, 0.05) is 12.2 Å². The Morgan fingerprint density at radius 2 is 2.00 bits per heavy atom. The quantitative estimate of drug-likeness (QED) is 0.841. The molecule has 0 saturated heterocycles. The van der Waals surface area contributed by atoms with Crippen LogP contribution in [0.1, 0.15) is 45.1 Å². The number of unbranched alkanes of at least 4 members (excludes halogenated alkanes) is 1. The molecular formula is C15H24N2O. The van der Waals surface area contributed by atoms with Crippen molar-refractivity contribution >= 4 is 11.6 Å². The van der Waals surface area contributed by atoms with Crippen LogP contribution < -0.4 is 10.6 Å². The molecule has 0 fully saturated rings. The fraction of sp³-hybridized carbons (Fsp3) is 0.533. The van der Waals surface area contributed by atoms with E-state index < -0.39 is 0 Å². The Morgan fingerprint density at radius 1 is 1.33 bits per heavy atom. The molecule has 0 saturated carbocycles. The van der Waals surface area contributed by atoms with Gasteiger partial charge in [0.05, 0.1) is 6.54 Å². The van der Waals surface area contributed by atoms with Crippen molar-refractivity contribution in [2.45, 2.75) is 39.5 Å². The zero-order valence-electron chi connectivity index (χ0n) is 11.6. The van der Waals surface area contributed by atoms with E-state index in [-0.39, 0.29) is 12.5 Å². The first-order chi connectivity index (χ1) is 8.61. The summed E-state index contributed by atoms with van der Waals surface area (Å²) < 4.78 is 0. The van der Waals surface area contributed by atoms with E-state index in [1.165, 1.54) is 5.56 Å². The number of carbonyl (C=O) groups excluding carboxylic acids is 1. The fourth-order valence-corrected chi connectivity index (χ4v) is 2.03. The molecule has 0 spiro atoms.